The molecule has 0 radical (unpaired) electrons. The van der Waals surface area contributed by atoms with Crippen LogP contribution in [0.25, 0.3) is 11.3 Å². The molecule has 0 N–H and O–H groups in total. The van der Waals surface area contributed by atoms with E-state index in [4.69, 9.17) is 9.15 Å². The highest BCUT2D eigenvalue weighted by atomic mass is 16.5. The Labute approximate surface area is 76.0 Å². The topological polar surface area (TPSA) is 35.3 Å². The number of methoxy groups -OCH3 is 1. The molecule has 13 heavy (non-hydrogen) atoms. The van der Waals surface area contributed by atoms with E-state index >= 15 is 0 Å². The minimum absolute atomic E-state index is 0.730. The van der Waals surface area contributed by atoms with Crippen LogP contribution in [0.1, 0.15) is 0 Å². The van der Waals surface area contributed by atoms with Gasteiger partial charge in [-0.15, -0.1) is 0 Å². The van der Waals surface area contributed by atoms with Gasteiger partial charge in [-0.25, -0.2) is 0 Å². The SMILES string of the molecule is COc1cncc(-c2ccco2)c1. The predicted octanol–water partition coefficient (Wildman–Crippen LogP) is 2.35. The van der Waals surface area contributed by atoms with Crippen molar-refractivity contribution >= 4 is 0 Å². The van der Waals surface area contributed by atoms with Crippen molar-refractivity contribution in [2.45, 2.75) is 0 Å². The molecule has 0 aliphatic rings. The second-order valence-corrected chi connectivity index (χ2v) is 2.59. The molecule has 2 aromatic heterocycles. The smallest absolute Gasteiger partial charge is 0.137 e. The van der Waals surface area contributed by atoms with Gasteiger partial charge in [-0.2, -0.15) is 0 Å². The number of ether oxygens (including phenoxy) is 1. The van der Waals surface area contributed by atoms with Crippen LogP contribution in [0.4, 0.5) is 0 Å². The predicted molar refractivity (Wildman–Crippen MR) is 48.5 cm³/mol. The van der Waals surface area contributed by atoms with Crippen LogP contribution in [0.15, 0.2) is 41.3 Å². The van der Waals surface area contributed by atoms with Crippen LogP contribution < -0.4 is 4.74 Å². The molecule has 2 heterocycles. The molecular formula is C10H9NO2. The van der Waals surface area contributed by atoms with Crippen LogP contribution in [-0.4, -0.2) is 12.1 Å². The zero-order chi connectivity index (χ0) is 9.10. The molecule has 2 aromatic rings. The molecule has 0 amide bonds. The molecule has 2 rings (SSSR count). The summed E-state index contributed by atoms with van der Waals surface area (Å²) in [6, 6.07) is 5.61. The number of pyridine rings is 1. The third kappa shape index (κ3) is 1.54. The summed E-state index contributed by atoms with van der Waals surface area (Å²) in [5.41, 5.74) is 0.921. The molecule has 0 saturated heterocycles. The van der Waals surface area contributed by atoms with Crippen LogP contribution in [0.2, 0.25) is 0 Å². The van der Waals surface area contributed by atoms with Crippen molar-refractivity contribution in [1.82, 2.24) is 4.98 Å². The fraction of sp³-hybridized carbons (Fsp3) is 0.100. The molecule has 0 unspecified atom stereocenters. The van der Waals surface area contributed by atoms with Gasteiger partial charge in [-0.3, -0.25) is 4.98 Å². The van der Waals surface area contributed by atoms with Crippen molar-refractivity contribution in [2.24, 2.45) is 0 Å². The van der Waals surface area contributed by atoms with Gasteiger partial charge < -0.3 is 9.15 Å². The lowest BCUT2D eigenvalue weighted by Crippen LogP contribution is -1.84. The second-order valence-electron chi connectivity index (χ2n) is 2.59. The molecule has 3 nitrogen and oxygen atoms in total. The molecular weight excluding hydrogens is 166 g/mol. The van der Waals surface area contributed by atoms with Crippen molar-refractivity contribution in [2.75, 3.05) is 7.11 Å². The maximum atomic E-state index is 5.22. The van der Waals surface area contributed by atoms with Crippen molar-refractivity contribution in [3.05, 3.63) is 36.9 Å². The Balaban J connectivity index is 2.41. The molecule has 0 saturated carbocycles. The average Bonchev–Trinajstić information content (AvgIpc) is 2.71. The molecule has 0 atom stereocenters. The van der Waals surface area contributed by atoms with E-state index < -0.39 is 0 Å². The summed E-state index contributed by atoms with van der Waals surface area (Å²) < 4.78 is 10.3. The maximum Gasteiger partial charge on any atom is 0.137 e. The molecule has 0 aromatic carbocycles. The monoisotopic (exact) mass is 175 g/mol. The van der Waals surface area contributed by atoms with Gasteiger partial charge in [0, 0.05) is 11.8 Å². The normalized spacial score (nSPS) is 9.92. The lowest BCUT2D eigenvalue weighted by molar-refractivity contribution is 0.413. The van der Waals surface area contributed by atoms with E-state index in [1.54, 1.807) is 25.8 Å². The molecule has 3 heteroatoms. The Bertz CT molecular complexity index is 382. The number of furan rings is 1. The number of hydrogen-bond acceptors (Lipinski definition) is 3. The van der Waals surface area contributed by atoms with E-state index in [2.05, 4.69) is 4.98 Å². The third-order valence-electron chi connectivity index (χ3n) is 1.75. The standard InChI is InChI=1S/C10H9NO2/c1-12-9-5-8(6-11-7-9)10-3-2-4-13-10/h2-7H,1H3. The molecule has 0 aliphatic heterocycles. The highest BCUT2D eigenvalue weighted by Crippen LogP contribution is 2.22. The van der Waals surface area contributed by atoms with Gasteiger partial charge in [0.05, 0.1) is 19.6 Å². The first-order chi connectivity index (χ1) is 6.40. The van der Waals surface area contributed by atoms with E-state index in [1.807, 2.05) is 18.2 Å². The highest BCUT2D eigenvalue weighted by molar-refractivity contribution is 5.57. The largest absolute Gasteiger partial charge is 0.495 e. The number of aromatic nitrogens is 1. The fourth-order valence-electron chi connectivity index (χ4n) is 1.11. The molecule has 0 fully saturated rings. The van der Waals surface area contributed by atoms with Gasteiger partial charge in [0.15, 0.2) is 0 Å². The molecule has 66 valence electrons. The third-order valence-corrected chi connectivity index (χ3v) is 1.75. The summed E-state index contributed by atoms with van der Waals surface area (Å²) in [5.74, 6) is 1.53. The van der Waals surface area contributed by atoms with Crippen LogP contribution in [0.3, 0.4) is 0 Å². The lowest BCUT2D eigenvalue weighted by atomic mass is 10.2. The van der Waals surface area contributed by atoms with E-state index in [0.29, 0.717) is 0 Å². The van der Waals surface area contributed by atoms with Gasteiger partial charge in [0.1, 0.15) is 11.5 Å². The van der Waals surface area contributed by atoms with E-state index in [9.17, 15) is 0 Å². The molecule has 0 aliphatic carbocycles. The van der Waals surface area contributed by atoms with Gasteiger partial charge in [-0.05, 0) is 18.2 Å². The summed E-state index contributed by atoms with van der Waals surface area (Å²) in [7, 11) is 1.61. The first-order valence-electron chi connectivity index (χ1n) is 3.93. The van der Waals surface area contributed by atoms with Gasteiger partial charge >= 0.3 is 0 Å². The van der Waals surface area contributed by atoms with Crippen molar-refractivity contribution in [1.29, 1.82) is 0 Å². The van der Waals surface area contributed by atoms with Crippen molar-refractivity contribution < 1.29 is 9.15 Å². The van der Waals surface area contributed by atoms with Crippen LogP contribution >= 0.6 is 0 Å². The number of nitrogens with zero attached hydrogens (tertiary/aromatic N) is 1. The fourth-order valence-corrected chi connectivity index (χ4v) is 1.11. The Hall–Kier alpha value is -1.77. The zero-order valence-electron chi connectivity index (χ0n) is 7.23. The summed E-state index contributed by atoms with van der Waals surface area (Å²) >= 11 is 0. The maximum absolute atomic E-state index is 5.22. The first kappa shape index (κ1) is 7.86. The number of hydrogen-bond donors (Lipinski definition) is 0. The van der Waals surface area contributed by atoms with Crippen molar-refractivity contribution in [3.8, 4) is 17.1 Å². The van der Waals surface area contributed by atoms with Gasteiger partial charge in [0.25, 0.3) is 0 Å². The Morgan fingerprint density at radius 2 is 2.31 bits per heavy atom. The molecule has 0 spiro atoms. The lowest BCUT2D eigenvalue weighted by Gasteiger charge is -2.00. The van der Waals surface area contributed by atoms with E-state index in [1.165, 1.54) is 0 Å². The summed E-state index contributed by atoms with van der Waals surface area (Å²) in [5, 5.41) is 0. The summed E-state index contributed by atoms with van der Waals surface area (Å²) in [6.07, 6.45) is 5.03. The average molecular weight is 175 g/mol. The Morgan fingerprint density at radius 3 is 3.00 bits per heavy atom. The van der Waals surface area contributed by atoms with Crippen LogP contribution in [-0.2, 0) is 0 Å². The van der Waals surface area contributed by atoms with Crippen LogP contribution in [0, 0.1) is 0 Å². The highest BCUT2D eigenvalue weighted by Gasteiger charge is 2.01. The van der Waals surface area contributed by atoms with Gasteiger partial charge in [-0.1, -0.05) is 0 Å². The Kier molecular flexibility index (Phi) is 2.00. The van der Waals surface area contributed by atoms with Crippen LogP contribution in [0.5, 0.6) is 5.75 Å². The first-order valence-corrected chi connectivity index (χ1v) is 3.93. The van der Waals surface area contributed by atoms with E-state index in [-0.39, 0.29) is 0 Å². The number of rotatable bonds is 2. The van der Waals surface area contributed by atoms with Gasteiger partial charge in [0.2, 0.25) is 0 Å². The minimum atomic E-state index is 0.730. The summed E-state index contributed by atoms with van der Waals surface area (Å²) in [6.45, 7) is 0. The minimum Gasteiger partial charge on any atom is -0.495 e. The second kappa shape index (κ2) is 3.31. The van der Waals surface area contributed by atoms with E-state index in [0.717, 1.165) is 17.1 Å². The summed E-state index contributed by atoms with van der Waals surface area (Å²) in [4.78, 5) is 4.03. The zero-order valence-corrected chi connectivity index (χ0v) is 7.23. The van der Waals surface area contributed by atoms with Crippen molar-refractivity contribution in [3.63, 3.8) is 0 Å². The molecule has 0 bridgehead atoms. The Morgan fingerprint density at radius 1 is 1.38 bits per heavy atom. The quantitative estimate of drug-likeness (QED) is 0.702.